The number of anilines is 1. The van der Waals surface area contributed by atoms with Crippen molar-refractivity contribution in [3.05, 3.63) is 40.6 Å². The number of hydrogen-bond donors (Lipinski definition) is 2. The van der Waals surface area contributed by atoms with Crippen molar-refractivity contribution in [1.29, 1.82) is 0 Å². The van der Waals surface area contributed by atoms with Crippen LogP contribution in [0, 0.1) is 0 Å². The Kier molecular flexibility index (Phi) is 3.91. The second-order valence-corrected chi connectivity index (χ2v) is 4.60. The van der Waals surface area contributed by atoms with Crippen LogP contribution in [0.5, 0.6) is 0 Å². The van der Waals surface area contributed by atoms with E-state index >= 15 is 0 Å². The molecule has 98 valence electrons. The number of aromatic carboxylic acids is 1. The second-order valence-electron chi connectivity index (χ2n) is 3.68. The minimum Gasteiger partial charge on any atom is -0.478 e. The Bertz CT molecular complexity index is 612. The van der Waals surface area contributed by atoms with Gasteiger partial charge in [0.15, 0.2) is 0 Å². The molecule has 0 saturated carbocycles. The smallest absolute Gasteiger partial charge is 0.335 e. The number of hydrogen-bond acceptors (Lipinski definition) is 4. The average molecular weight is 325 g/mol. The van der Waals surface area contributed by atoms with Crippen molar-refractivity contribution in [2.24, 2.45) is 0 Å². The second kappa shape index (κ2) is 5.61. The van der Waals surface area contributed by atoms with Crippen LogP contribution in [0.25, 0.3) is 0 Å². The van der Waals surface area contributed by atoms with E-state index in [2.05, 4.69) is 31.6 Å². The Morgan fingerprint density at radius 1 is 1.37 bits per heavy atom. The molecule has 1 aromatic carbocycles. The number of nitrogens with one attached hydrogen (secondary N) is 1. The first kappa shape index (κ1) is 13.2. The maximum Gasteiger partial charge on any atom is 0.335 e. The molecule has 0 atom stereocenters. The highest BCUT2D eigenvalue weighted by Gasteiger charge is 2.09. The highest BCUT2D eigenvalue weighted by Crippen LogP contribution is 2.19. The summed E-state index contributed by atoms with van der Waals surface area (Å²) < 4.78 is 1.94. The molecule has 7 nitrogen and oxygen atoms in total. The van der Waals surface area contributed by atoms with Crippen molar-refractivity contribution in [1.82, 2.24) is 15.0 Å². The molecule has 0 fully saturated rings. The lowest BCUT2D eigenvalue weighted by atomic mass is 10.2. The molecule has 0 unspecified atom stereocenters. The first-order valence-corrected chi connectivity index (χ1v) is 6.02. The molecule has 0 aliphatic heterocycles. The highest BCUT2D eigenvalue weighted by molar-refractivity contribution is 9.10. The highest BCUT2D eigenvalue weighted by atomic mass is 79.9. The fourth-order valence-electron chi connectivity index (χ4n) is 1.45. The molecule has 2 aromatic rings. The first-order valence-electron chi connectivity index (χ1n) is 5.22. The molecule has 0 aliphatic carbocycles. The molecule has 8 heteroatoms. The van der Waals surface area contributed by atoms with Crippen molar-refractivity contribution in [3.63, 3.8) is 0 Å². The fourth-order valence-corrected chi connectivity index (χ4v) is 1.94. The summed E-state index contributed by atoms with van der Waals surface area (Å²) in [4.78, 5) is 22.6. The summed E-state index contributed by atoms with van der Waals surface area (Å²) in [6.45, 7) is 0.00885. The number of nitrogens with zero attached hydrogens (tertiary/aromatic N) is 3. The van der Waals surface area contributed by atoms with E-state index in [1.165, 1.54) is 23.0 Å². The first-order chi connectivity index (χ1) is 9.04. The van der Waals surface area contributed by atoms with Crippen molar-refractivity contribution in [2.75, 3.05) is 5.32 Å². The van der Waals surface area contributed by atoms with Crippen LogP contribution in [-0.4, -0.2) is 32.0 Å². The predicted molar refractivity (Wildman–Crippen MR) is 69.8 cm³/mol. The van der Waals surface area contributed by atoms with Crippen LogP contribution in [0.3, 0.4) is 0 Å². The van der Waals surface area contributed by atoms with Gasteiger partial charge in [0.2, 0.25) is 5.91 Å². The van der Waals surface area contributed by atoms with Gasteiger partial charge < -0.3 is 10.4 Å². The van der Waals surface area contributed by atoms with Crippen LogP contribution in [-0.2, 0) is 11.3 Å². The van der Waals surface area contributed by atoms with E-state index in [1.54, 1.807) is 12.3 Å². The lowest BCUT2D eigenvalue weighted by Crippen LogP contribution is -2.19. The number of rotatable bonds is 4. The summed E-state index contributed by atoms with van der Waals surface area (Å²) >= 11 is 3.19. The molecule has 2 rings (SSSR count). The van der Waals surface area contributed by atoms with Crippen LogP contribution in [0.4, 0.5) is 5.69 Å². The maximum absolute atomic E-state index is 11.7. The molecule has 2 N–H and O–H groups in total. The van der Waals surface area contributed by atoms with Crippen molar-refractivity contribution in [3.8, 4) is 0 Å². The number of halogens is 1. The summed E-state index contributed by atoms with van der Waals surface area (Å²) in [6, 6.07) is 4.45. The van der Waals surface area contributed by atoms with E-state index in [0.29, 0.717) is 10.2 Å². The van der Waals surface area contributed by atoms with E-state index in [0.717, 1.165) is 0 Å². The van der Waals surface area contributed by atoms with Gasteiger partial charge in [-0.2, -0.15) is 0 Å². The van der Waals surface area contributed by atoms with Crippen molar-refractivity contribution in [2.45, 2.75) is 6.54 Å². The minimum atomic E-state index is -1.06. The quantitative estimate of drug-likeness (QED) is 0.885. The van der Waals surface area contributed by atoms with Gasteiger partial charge in [0.1, 0.15) is 6.54 Å². The number of carboxylic acid groups (broad SMARTS) is 1. The molecule has 0 bridgehead atoms. The number of benzene rings is 1. The lowest BCUT2D eigenvalue weighted by molar-refractivity contribution is -0.116. The fraction of sp³-hybridized carbons (Fsp3) is 0.0909. The van der Waals surface area contributed by atoms with E-state index in [4.69, 9.17) is 5.11 Å². The Balaban J connectivity index is 2.10. The van der Waals surface area contributed by atoms with E-state index in [1.807, 2.05) is 0 Å². The molecule has 0 saturated heterocycles. The standard InChI is InChI=1S/C11H9BrN4O3/c12-8-3-7(11(18)19)4-9(5-8)14-10(17)6-16-2-1-13-15-16/h1-5H,6H2,(H,14,17)(H,18,19). The average Bonchev–Trinajstić information content (AvgIpc) is 2.80. The van der Waals surface area contributed by atoms with Gasteiger partial charge in [0.25, 0.3) is 0 Å². The monoisotopic (exact) mass is 324 g/mol. The van der Waals surface area contributed by atoms with Gasteiger partial charge in [0, 0.05) is 16.4 Å². The predicted octanol–water partition coefficient (Wildman–Crippen LogP) is 1.38. The Hall–Kier alpha value is -2.22. The van der Waals surface area contributed by atoms with Gasteiger partial charge in [-0.25, -0.2) is 9.48 Å². The summed E-state index contributed by atoms with van der Waals surface area (Å²) in [6.07, 6.45) is 3.03. The number of amides is 1. The Labute approximate surface area is 116 Å². The summed E-state index contributed by atoms with van der Waals surface area (Å²) in [5.74, 6) is -1.38. The van der Waals surface area contributed by atoms with Crippen molar-refractivity contribution < 1.29 is 14.7 Å². The molecular formula is C11H9BrN4O3. The molecule has 1 aromatic heterocycles. The van der Waals surface area contributed by atoms with E-state index < -0.39 is 5.97 Å². The van der Waals surface area contributed by atoms with Crippen LogP contribution >= 0.6 is 15.9 Å². The maximum atomic E-state index is 11.7. The molecule has 19 heavy (non-hydrogen) atoms. The van der Waals surface area contributed by atoms with Crippen LogP contribution in [0.2, 0.25) is 0 Å². The van der Waals surface area contributed by atoms with Crippen LogP contribution < -0.4 is 5.32 Å². The molecule has 0 radical (unpaired) electrons. The van der Waals surface area contributed by atoms with Gasteiger partial charge in [-0.3, -0.25) is 4.79 Å². The number of aromatic nitrogens is 3. The zero-order chi connectivity index (χ0) is 13.8. The van der Waals surface area contributed by atoms with Gasteiger partial charge in [-0.15, -0.1) is 5.10 Å². The zero-order valence-corrected chi connectivity index (χ0v) is 11.2. The van der Waals surface area contributed by atoms with Gasteiger partial charge in [-0.1, -0.05) is 21.1 Å². The van der Waals surface area contributed by atoms with Gasteiger partial charge >= 0.3 is 5.97 Å². The number of carboxylic acids is 1. The van der Waals surface area contributed by atoms with Gasteiger partial charge in [-0.05, 0) is 18.2 Å². The minimum absolute atomic E-state index is 0.00885. The van der Waals surface area contributed by atoms with Crippen LogP contribution in [0.15, 0.2) is 35.1 Å². The molecule has 1 amide bonds. The molecule has 0 spiro atoms. The summed E-state index contributed by atoms with van der Waals surface area (Å²) in [7, 11) is 0. The zero-order valence-electron chi connectivity index (χ0n) is 9.58. The third-order valence-electron chi connectivity index (χ3n) is 2.21. The molecule has 0 aliphatic rings. The SMILES string of the molecule is O=C(Cn1ccnn1)Nc1cc(Br)cc(C(=O)O)c1. The Morgan fingerprint density at radius 3 is 2.79 bits per heavy atom. The molecular weight excluding hydrogens is 316 g/mol. The normalized spacial score (nSPS) is 10.2. The number of carbonyl (C=O) groups is 2. The topological polar surface area (TPSA) is 97.1 Å². The number of carbonyl (C=O) groups excluding carboxylic acids is 1. The van der Waals surface area contributed by atoms with E-state index in [9.17, 15) is 9.59 Å². The molecule has 1 heterocycles. The van der Waals surface area contributed by atoms with E-state index in [-0.39, 0.29) is 18.0 Å². The third-order valence-corrected chi connectivity index (χ3v) is 2.66. The summed E-state index contributed by atoms with van der Waals surface area (Å²) in [5.41, 5.74) is 0.488. The van der Waals surface area contributed by atoms with Crippen molar-refractivity contribution >= 4 is 33.5 Å². The largest absolute Gasteiger partial charge is 0.478 e. The Morgan fingerprint density at radius 2 is 2.16 bits per heavy atom. The van der Waals surface area contributed by atoms with Crippen LogP contribution in [0.1, 0.15) is 10.4 Å². The lowest BCUT2D eigenvalue weighted by Gasteiger charge is -2.07. The third kappa shape index (κ3) is 3.62. The van der Waals surface area contributed by atoms with Gasteiger partial charge in [0.05, 0.1) is 11.8 Å². The summed E-state index contributed by atoms with van der Waals surface area (Å²) in [5, 5.41) is 18.8.